The summed E-state index contributed by atoms with van der Waals surface area (Å²) >= 11 is 3.34. The second-order valence-electron chi connectivity index (χ2n) is 4.72. The molecule has 0 aromatic heterocycles. The highest BCUT2D eigenvalue weighted by Gasteiger charge is 2.14. The second-order valence-corrected chi connectivity index (χ2v) is 7.05. The zero-order valence-corrected chi connectivity index (χ0v) is 14.2. The van der Waals surface area contributed by atoms with E-state index in [1.165, 1.54) is 0 Å². The molecule has 0 aliphatic carbocycles. The fourth-order valence-corrected chi connectivity index (χ4v) is 3.47. The minimum absolute atomic E-state index is 0.293. The van der Waals surface area contributed by atoms with Gasteiger partial charge in [0.2, 0.25) is 10.0 Å². The van der Waals surface area contributed by atoms with Crippen molar-refractivity contribution in [3.8, 4) is 0 Å². The third-order valence-electron chi connectivity index (χ3n) is 3.34. The van der Waals surface area contributed by atoms with Gasteiger partial charge in [0.05, 0.1) is 4.90 Å². The number of hydrogen-bond acceptors (Lipinski definition) is 2. The smallest absolute Gasteiger partial charge is 0.207 e. The molecule has 1 N–H and O–H groups in total. The van der Waals surface area contributed by atoms with E-state index in [2.05, 4.69) is 27.6 Å². The van der Waals surface area contributed by atoms with Crippen LogP contribution in [0.3, 0.4) is 0 Å². The molecule has 0 unspecified atom stereocenters. The summed E-state index contributed by atoms with van der Waals surface area (Å²) in [6, 6.07) is 14.7. The average molecular weight is 368 g/mol. The Morgan fingerprint density at radius 2 is 1.62 bits per heavy atom. The summed E-state index contributed by atoms with van der Waals surface area (Å²) in [5.41, 5.74) is 3.22. The molecule has 5 heteroatoms. The van der Waals surface area contributed by atoms with E-state index in [0.29, 0.717) is 16.8 Å². The Labute approximate surface area is 134 Å². The maximum Gasteiger partial charge on any atom is 0.240 e. The van der Waals surface area contributed by atoms with Crippen molar-refractivity contribution in [1.82, 2.24) is 4.72 Å². The standard InChI is InChI=1S/C16H18BrNO2S/c1-2-14-5-3-4-6-15(14)12-18-21(19,20)16-9-7-13(11-17)8-10-16/h3-10,18H,2,11-12H2,1H3. The molecule has 2 rings (SSSR count). The average Bonchev–Trinajstić information content (AvgIpc) is 2.53. The second kappa shape index (κ2) is 7.20. The molecule has 0 saturated carbocycles. The first-order valence-corrected chi connectivity index (χ1v) is 9.38. The summed E-state index contributed by atoms with van der Waals surface area (Å²) in [5, 5.41) is 0.713. The quantitative estimate of drug-likeness (QED) is 0.792. The van der Waals surface area contributed by atoms with Gasteiger partial charge in [0.1, 0.15) is 0 Å². The Morgan fingerprint density at radius 1 is 1.00 bits per heavy atom. The van der Waals surface area contributed by atoms with Crippen LogP contribution in [0.25, 0.3) is 0 Å². The molecule has 2 aromatic rings. The first kappa shape index (κ1) is 16.2. The van der Waals surface area contributed by atoms with Gasteiger partial charge in [0.25, 0.3) is 0 Å². The molecule has 112 valence electrons. The molecule has 3 nitrogen and oxygen atoms in total. The maximum absolute atomic E-state index is 12.3. The number of nitrogens with one attached hydrogen (secondary N) is 1. The summed E-state index contributed by atoms with van der Waals surface area (Å²) in [6.07, 6.45) is 0.887. The van der Waals surface area contributed by atoms with Gasteiger partial charge < -0.3 is 0 Å². The van der Waals surface area contributed by atoms with Crippen LogP contribution in [0.4, 0.5) is 0 Å². The lowest BCUT2D eigenvalue weighted by Gasteiger charge is -2.10. The monoisotopic (exact) mass is 367 g/mol. The van der Waals surface area contributed by atoms with Crippen LogP contribution in [0, 0.1) is 0 Å². The SMILES string of the molecule is CCc1ccccc1CNS(=O)(=O)c1ccc(CBr)cc1. The van der Waals surface area contributed by atoms with Gasteiger partial charge in [0, 0.05) is 11.9 Å². The molecular weight excluding hydrogens is 350 g/mol. The van der Waals surface area contributed by atoms with Gasteiger partial charge in [-0.15, -0.1) is 0 Å². The molecule has 0 amide bonds. The third-order valence-corrected chi connectivity index (χ3v) is 5.40. The van der Waals surface area contributed by atoms with Crippen molar-refractivity contribution in [1.29, 1.82) is 0 Å². The summed E-state index contributed by atoms with van der Waals surface area (Å²) in [5.74, 6) is 0. The van der Waals surface area contributed by atoms with E-state index in [9.17, 15) is 8.42 Å². The first-order valence-electron chi connectivity index (χ1n) is 6.78. The fourth-order valence-electron chi connectivity index (χ4n) is 2.09. The van der Waals surface area contributed by atoms with Crippen LogP contribution in [0.5, 0.6) is 0 Å². The summed E-state index contributed by atoms with van der Waals surface area (Å²) in [6.45, 7) is 2.37. The lowest BCUT2D eigenvalue weighted by Crippen LogP contribution is -2.23. The van der Waals surface area contributed by atoms with E-state index >= 15 is 0 Å². The molecule has 0 spiro atoms. The Hall–Kier alpha value is -1.17. The fraction of sp³-hybridized carbons (Fsp3) is 0.250. The van der Waals surface area contributed by atoms with Crippen LogP contribution in [0.1, 0.15) is 23.6 Å². The lowest BCUT2D eigenvalue weighted by atomic mass is 10.1. The number of aryl methyl sites for hydroxylation is 1. The minimum Gasteiger partial charge on any atom is -0.207 e. The number of hydrogen-bond donors (Lipinski definition) is 1. The van der Waals surface area contributed by atoms with Crippen LogP contribution in [-0.2, 0) is 28.3 Å². The van der Waals surface area contributed by atoms with Crippen molar-refractivity contribution in [2.45, 2.75) is 30.1 Å². The van der Waals surface area contributed by atoms with E-state index in [-0.39, 0.29) is 0 Å². The molecule has 0 fully saturated rings. The topological polar surface area (TPSA) is 46.2 Å². The highest BCUT2D eigenvalue weighted by molar-refractivity contribution is 9.08. The van der Waals surface area contributed by atoms with Gasteiger partial charge in [-0.1, -0.05) is 59.3 Å². The first-order chi connectivity index (χ1) is 10.1. The third kappa shape index (κ3) is 4.15. The molecule has 0 radical (unpaired) electrons. The number of alkyl halides is 1. The zero-order valence-electron chi connectivity index (χ0n) is 11.8. The highest BCUT2D eigenvalue weighted by Crippen LogP contribution is 2.14. The van der Waals surface area contributed by atoms with Gasteiger partial charge >= 0.3 is 0 Å². The molecule has 0 aliphatic rings. The van der Waals surface area contributed by atoms with Crippen molar-refractivity contribution in [2.24, 2.45) is 0 Å². The van der Waals surface area contributed by atoms with E-state index < -0.39 is 10.0 Å². The highest BCUT2D eigenvalue weighted by atomic mass is 79.9. The summed E-state index contributed by atoms with van der Waals surface area (Å²) in [7, 11) is -3.47. The van der Waals surface area contributed by atoms with Crippen LogP contribution in [-0.4, -0.2) is 8.42 Å². The molecule has 0 saturated heterocycles. The number of rotatable bonds is 6. The van der Waals surface area contributed by atoms with E-state index in [1.54, 1.807) is 12.1 Å². The molecular formula is C16H18BrNO2S. The number of benzene rings is 2. The van der Waals surface area contributed by atoms with Crippen molar-refractivity contribution in [3.63, 3.8) is 0 Å². The van der Waals surface area contributed by atoms with E-state index in [4.69, 9.17) is 0 Å². The van der Waals surface area contributed by atoms with Gasteiger partial charge in [0.15, 0.2) is 0 Å². The summed E-state index contributed by atoms with van der Waals surface area (Å²) < 4.78 is 27.2. The molecule has 0 atom stereocenters. The lowest BCUT2D eigenvalue weighted by molar-refractivity contribution is 0.581. The predicted octanol–water partition coefficient (Wildman–Crippen LogP) is 3.62. The summed E-state index contributed by atoms with van der Waals surface area (Å²) in [4.78, 5) is 0.293. The van der Waals surface area contributed by atoms with Crippen LogP contribution < -0.4 is 4.72 Å². The van der Waals surface area contributed by atoms with Crippen molar-refractivity contribution < 1.29 is 8.42 Å². The Morgan fingerprint density at radius 3 is 2.19 bits per heavy atom. The zero-order chi connectivity index (χ0) is 15.3. The van der Waals surface area contributed by atoms with E-state index in [1.807, 2.05) is 36.4 Å². The molecule has 0 bridgehead atoms. The van der Waals surface area contributed by atoms with Crippen LogP contribution in [0.2, 0.25) is 0 Å². The van der Waals surface area contributed by atoms with Gasteiger partial charge in [-0.25, -0.2) is 13.1 Å². The maximum atomic E-state index is 12.3. The predicted molar refractivity (Wildman–Crippen MR) is 88.9 cm³/mol. The number of sulfonamides is 1. The van der Waals surface area contributed by atoms with Gasteiger partial charge in [-0.3, -0.25) is 0 Å². The Kier molecular flexibility index (Phi) is 5.56. The number of halogens is 1. The molecule has 0 aliphatic heterocycles. The molecule has 21 heavy (non-hydrogen) atoms. The van der Waals surface area contributed by atoms with Crippen molar-refractivity contribution >= 4 is 26.0 Å². The van der Waals surface area contributed by atoms with Gasteiger partial charge in [-0.2, -0.15) is 0 Å². The molecule has 2 aromatic carbocycles. The Balaban J connectivity index is 2.13. The Bertz CT molecular complexity index is 696. The normalized spacial score (nSPS) is 11.5. The van der Waals surface area contributed by atoms with Crippen LogP contribution >= 0.6 is 15.9 Å². The minimum atomic E-state index is -3.47. The molecule has 0 heterocycles. The van der Waals surface area contributed by atoms with E-state index in [0.717, 1.165) is 23.1 Å². The van der Waals surface area contributed by atoms with Gasteiger partial charge in [-0.05, 0) is 35.2 Å². The largest absolute Gasteiger partial charge is 0.240 e. The van der Waals surface area contributed by atoms with Crippen LogP contribution in [0.15, 0.2) is 53.4 Å². The van der Waals surface area contributed by atoms with Crippen molar-refractivity contribution in [2.75, 3.05) is 0 Å². The van der Waals surface area contributed by atoms with Crippen molar-refractivity contribution in [3.05, 3.63) is 65.2 Å².